The van der Waals surface area contributed by atoms with Crippen molar-refractivity contribution in [1.82, 2.24) is 5.32 Å². The third-order valence-electron chi connectivity index (χ3n) is 2.74. The van der Waals surface area contributed by atoms with Crippen LogP contribution in [-0.4, -0.2) is 13.1 Å². The molecule has 0 bridgehead atoms. The topological polar surface area (TPSA) is 12.0 Å². The lowest BCUT2D eigenvalue weighted by atomic mass is 9.95. The van der Waals surface area contributed by atoms with Gasteiger partial charge in [0.15, 0.2) is 0 Å². The van der Waals surface area contributed by atoms with Gasteiger partial charge in [-0.15, -0.1) is 0 Å². The molecule has 1 unspecified atom stereocenters. The molecule has 0 saturated heterocycles. The van der Waals surface area contributed by atoms with Crippen molar-refractivity contribution < 1.29 is 0 Å². The standard InChI is InChI=1S/C11H13BrClN/c1-7-6-14-5-4-8-2-3-9(13)11(12)10(7)8/h2-3,7,14H,4-6H2,1H3. The van der Waals surface area contributed by atoms with Gasteiger partial charge in [-0.25, -0.2) is 0 Å². The molecule has 0 saturated carbocycles. The molecule has 1 nitrogen and oxygen atoms in total. The van der Waals surface area contributed by atoms with E-state index in [-0.39, 0.29) is 0 Å². The number of nitrogens with one attached hydrogen (secondary N) is 1. The Bertz CT molecular complexity index is 351. The first-order valence-corrected chi connectivity index (χ1v) is 6.04. The van der Waals surface area contributed by atoms with Crippen LogP contribution in [0.15, 0.2) is 16.6 Å². The molecule has 14 heavy (non-hydrogen) atoms. The molecule has 1 aliphatic heterocycles. The molecule has 0 amide bonds. The van der Waals surface area contributed by atoms with Gasteiger partial charge in [-0.05, 0) is 52.0 Å². The summed E-state index contributed by atoms with van der Waals surface area (Å²) in [5, 5.41) is 4.24. The Hall–Kier alpha value is -0.0500. The summed E-state index contributed by atoms with van der Waals surface area (Å²) in [5.41, 5.74) is 2.79. The van der Waals surface area contributed by atoms with Gasteiger partial charge in [0, 0.05) is 11.0 Å². The van der Waals surface area contributed by atoms with Gasteiger partial charge in [-0.3, -0.25) is 0 Å². The number of fused-ring (bicyclic) bond motifs is 1. The highest BCUT2D eigenvalue weighted by Crippen LogP contribution is 2.35. The van der Waals surface area contributed by atoms with E-state index in [0.717, 1.165) is 29.0 Å². The van der Waals surface area contributed by atoms with Crippen LogP contribution < -0.4 is 5.32 Å². The van der Waals surface area contributed by atoms with Crippen LogP contribution in [0.4, 0.5) is 0 Å². The SMILES string of the molecule is CC1CNCCc2ccc(Cl)c(Br)c21. The fraction of sp³-hybridized carbons (Fsp3) is 0.455. The van der Waals surface area contributed by atoms with Gasteiger partial charge in [0.05, 0.1) is 5.02 Å². The van der Waals surface area contributed by atoms with Crippen molar-refractivity contribution in [3.05, 3.63) is 32.8 Å². The van der Waals surface area contributed by atoms with Crippen LogP contribution >= 0.6 is 27.5 Å². The zero-order valence-electron chi connectivity index (χ0n) is 8.11. The summed E-state index contributed by atoms with van der Waals surface area (Å²) in [5.74, 6) is 0.528. The van der Waals surface area contributed by atoms with E-state index in [0.29, 0.717) is 5.92 Å². The van der Waals surface area contributed by atoms with E-state index in [1.165, 1.54) is 11.1 Å². The van der Waals surface area contributed by atoms with E-state index < -0.39 is 0 Å². The van der Waals surface area contributed by atoms with E-state index in [9.17, 15) is 0 Å². The van der Waals surface area contributed by atoms with E-state index in [4.69, 9.17) is 11.6 Å². The molecule has 1 aromatic carbocycles. The Kier molecular flexibility index (Phi) is 3.15. The molecule has 2 rings (SSSR count). The summed E-state index contributed by atoms with van der Waals surface area (Å²) in [6.07, 6.45) is 1.09. The smallest absolute Gasteiger partial charge is 0.0551 e. The molecule has 76 valence electrons. The average molecular weight is 275 g/mol. The van der Waals surface area contributed by atoms with Crippen molar-refractivity contribution in [2.75, 3.05) is 13.1 Å². The van der Waals surface area contributed by atoms with Crippen LogP contribution in [0.2, 0.25) is 5.02 Å². The lowest BCUT2D eigenvalue weighted by Gasteiger charge is -2.15. The Morgan fingerprint density at radius 2 is 2.29 bits per heavy atom. The second-order valence-electron chi connectivity index (χ2n) is 3.79. The lowest BCUT2D eigenvalue weighted by molar-refractivity contribution is 0.643. The van der Waals surface area contributed by atoms with Crippen molar-refractivity contribution in [3.8, 4) is 0 Å². The molecule has 1 aromatic rings. The normalized spacial score (nSPS) is 21.5. The highest BCUT2D eigenvalue weighted by molar-refractivity contribution is 9.10. The molecular weight excluding hydrogens is 261 g/mol. The molecule has 0 spiro atoms. The van der Waals surface area contributed by atoms with Gasteiger partial charge in [-0.2, -0.15) is 0 Å². The Morgan fingerprint density at radius 1 is 1.50 bits per heavy atom. The number of hydrogen-bond donors (Lipinski definition) is 1. The largest absolute Gasteiger partial charge is 0.316 e. The van der Waals surface area contributed by atoms with Gasteiger partial charge in [0.25, 0.3) is 0 Å². The predicted octanol–water partition coefficient (Wildman–Crippen LogP) is 3.35. The summed E-state index contributed by atoms with van der Waals surface area (Å²) in [6.45, 7) is 4.33. The maximum absolute atomic E-state index is 6.10. The van der Waals surface area contributed by atoms with Crippen LogP contribution in [0, 0.1) is 0 Å². The Morgan fingerprint density at radius 3 is 3.07 bits per heavy atom. The third kappa shape index (κ3) is 1.83. The highest BCUT2D eigenvalue weighted by atomic mass is 79.9. The van der Waals surface area contributed by atoms with Gasteiger partial charge in [0.2, 0.25) is 0 Å². The van der Waals surface area contributed by atoms with Gasteiger partial charge < -0.3 is 5.32 Å². The quantitative estimate of drug-likeness (QED) is 0.765. The first kappa shape index (κ1) is 10.5. The zero-order chi connectivity index (χ0) is 10.1. The molecule has 1 atom stereocenters. The minimum Gasteiger partial charge on any atom is -0.316 e. The van der Waals surface area contributed by atoms with E-state index in [1.54, 1.807) is 0 Å². The molecule has 0 radical (unpaired) electrons. The highest BCUT2D eigenvalue weighted by Gasteiger charge is 2.18. The molecule has 1 N–H and O–H groups in total. The first-order chi connectivity index (χ1) is 6.70. The fourth-order valence-corrected chi connectivity index (χ4v) is 2.94. The molecule has 0 fully saturated rings. The van der Waals surface area contributed by atoms with Gasteiger partial charge in [0.1, 0.15) is 0 Å². The van der Waals surface area contributed by atoms with Crippen LogP contribution in [0.3, 0.4) is 0 Å². The third-order valence-corrected chi connectivity index (χ3v) is 4.13. The number of benzene rings is 1. The minimum atomic E-state index is 0.528. The summed E-state index contributed by atoms with van der Waals surface area (Å²) in [7, 11) is 0. The fourth-order valence-electron chi connectivity index (χ4n) is 2.00. The minimum absolute atomic E-state index is 0.528. The summed E-state index contributed by atoms with van der Waals surface area (Å²) < 4.78 is 1.08. The number of hydrogen-bond acceptors (Lipinski definition) is 1. The molecule has 0 aliphatic carbocycles. The van der Waals surface area contributed by atoms with Crippen molar-refractivity contribution >= 4 is 27.5 Å². The van der Waals surface area contributed by atoms with Crippen LogP contribution in [0.5, 0.6) is 0 Å². The van der Waals surface area contributed by atoms with Crippen LogP contribution in [0.25, 0.3) is 0 Å². The Labute approximate surface area is 98.0 Å². The second-order valence-corrected chi connectivity index (χ2v) is 4.99. The van der Waals surface area contributed by atoms with E-state index >= 15 is 0 Å². The van der Waals surface area contributed by atoms with Gasteiger partial charge >= 0.3 is 0 Å². The second kappa shape index (κ2) is 4.21. The molecule has 3 heteroatoms. The van der Waals surface area contributed by atoms with Crippen LogP contribution in [0.1, 0.15) is 24.0 Å². The molecule has 1 aliphatic rings. The summed E-state index contributed by atoms with van der Waals surface area (Å²) >= 11 is 9.68. The van der Waals surface area contributed by atoms with Gasteiger partial charge in [-0.1, -0.05) is 24.6 Å². The zero-order valence-corrected chi connectivity index (χ0v) is 10.5. The van der Waals surface area contributed by atoms with Crippen LogP contribution in [-0.2, 0) is 6.42 Å². The summed E-state index contributed by atoms with van der Waals surface area (Å²) in [4.78, 5) is 0. The van der Waals surface area contributed by atoms with Crippen molar-refractivity contribution in [2.45, 2.75) is 19.3 Å². The van der Waals surface area contributed by atoms with E-state index in [2.05, 4.69) is 34.2 Å². The maximum atomic E-state index is 6.10. The predicted molar refractivity (Wildman–Crippen MR) is 64.1 cm³/mol. The summed E-state index contributed by atoms with van der Waals surface area (Å²) in [6, 6.07) is 4.12. The number of rotatable bonds is 0. The van der Waals surface area contributed by atoms with E-state index in [1.807, 2.05) is 6.07 Å². The van der Waals surface area contributed by atoms with Crippen molar-refractivity contribution in [1.29, 1.82) is 0 Å². The monoisotopic (exact) mass is 273 g/mol. The maximum Gasteiger partial charge on any atom is 0.0551 e. The Balaban J connectivity index is 2.54. The lowest BCUT2D eigenvalue weighted by Crippen LogP contribution is -2.18. The first-order valence-electron chi connectivity index (χ1n) is 4.87. The van der Waals surface area contributed by atoms with Crippen molar-refractivity contribution in [2.24, 2.45) is 0 Å². The molecule has 1 heterocycles. The molecular formula is C11H13BrClN. The molecule has 0 aromatic heterocycles. The average Bonchev–Trinajstić information content (AvgIpc) is 2.35. The van der Waals surface area contributed by atoms with Crippen molar-refractivity contribution in [3.63, 3.8) is 0 Å². The number of halogens is 2.